The highest BCUT2D eigenvalue weighted by molar-refractivity contribution is 7.17. The molecule has 2 aromatic heterocycles. The van der Waals surface area contributed by atoms with Crippen LogP contribution in [0.1, 0.15) is 51.9 Å². The fraction of sp³-hybridized carbons (Fsp3) is 0.280. The van der Waals surface area contributed by atoms with E-state index in [-0.39, 0.29) is 18.4 Å². The van der Waals surface area contributed by atoms with E-state index < -0.39 is 18.4 Å². The Morgan fingerprint density at radius 2 is 2.03 bits per heavy atom. The van der Waals surface area contributed by atoms with Crippen LogP contribution in [0.2, 0.25) is 0 Å². The van der Waals surface area contributed by atoms with Gasteiger partial charge in [0.15, 0.2) is 0 Å². The molecule has 3 aromatic rings. The van der Waals surface area contributed by atoms with E-state index in [1.54, 1.807) is 29.9 Å². The van der Waals surface area contributed by atoms with E-state index >= 15 is 0 Å². The SMILES string of the molecule is CCOC(=O)OC(C)OC(=O)c1sc(-c2ccc(NC(=O)c3cscn3)cc2)cc1C1C=CNCC1. The van der Waals surface area contributed by atoms with Gasteiger partial charge >= 0.3 is 12.1 Å². The van der Waals surface area contributed by atoms with Crippen molar-refractivity contribution >= 4 is 46.4 Å². The molecular weight excluding hydrogens is 502 g/mol. The molecule has 188 valence electrons. The smallest absolute Gasteiger partial charge is 0.435 e. The Labute approximate surface area is 216 Å². The van der Waals surface area contributed by atoms with Gasteiger partial charge in [0.2, 0.25) is 6.29 Å². The van der Waals surface area contributed by atoms with Crippen molar-refractivity contribution in [2.45, 2.75) is 32.5 Å². The number of ether oxygens (including phenoxy) is 3. The van der Waals surface area contributed by atoms with Crippen LogP contribution >= 0.6 is 22.7 Å². The number of anilines is 1. The first-order valence-electron chi connectivity index (χ1n) is 11.3. The number of carbonyl (C=O) groups is 3. The molecule has 1 aromatic carbocycles. The van der Waals surface area contributed by atoms with Gasteiger partial charge in [-0.3, -0.25) is 4.79 Å². The molecule has 1 aliphatic rings. The van der Waals surface area contributed by atoms with E-state index in [4.69, 9.17) is 14.2 Å². The lowest BCUT2D eigenvalue weighted by atomic mass is 9.93. The van der Waals surface area contributed by atoms with Crippen LogP contribution in [-0.4, -0.2) is 42.5 Å². The molecule has 2 atom stereocenters. The van der Waals surface area contributed by atoms with Crippen LogP contribution in [0.3, 0.4) is 0 Å². The minimum atomic E-state index is -1.10. The van der Waals surface area contributed by atoms with E-state index in [2.05, 4.69) is 15.6 Å². The molecule has 0 spiro atoms. The average molecular weight is 528 g/mol. The summed E-state index contributed by atoms with van der Waals surface area (Å²) in [6.07, 6.45) is 2.73. The summed E-state index contributed by atoms with van der Waals surface area (Å²) in [7, 11) is 0. The zero-order valence-electron chi connectivity index (χ0n) is 19.7. The lowest BCUT2D eigenvalue weighted by molar-refractivity contribution is -0.0809. The van der Waals surface area contributed by atoms with Gasteiger partial charge in [-0.1, -0.05) is 18.2 Å². The second-order valence-corrected chi connectivity index (χ2v) is 9.55. The largest absolute Gasteiger partial charge is 0.511 e. The van der Waals surface area contributed by atoms with Gasteiger partial charge < -0.3 is 24.8 Å². The van der Waals surface area contributed by atoms with Gasteiger partial charge in [-0.2, -0.15) is 0 Å². The Bertz CT molecular complexity index is 1240. The van der Waals surface area contributed by atoms with Crippen molar-refractivity contribution in [3.05, 3.63) is 69.6 Å². The molecule has 11 heteroatoms. The minimum Gasteiger partial charge on any atom is -0.435 e. The van der Waals surface area contributed by atoms with Crippen LogP contribution in [-0.2, 0) is 14.2 Å². The molecule has 0 radical (unpaired) electrons. The molecule has 1 aliphatic heterocycles. The van der Waals surface area contributed by atoms with E-state index in [1.165, 1.54) is 29.6 Å². The number of nitrogens with zero attached hydrogens (tertiary/aromatic N) is 1. The molecule has 2 unspecified atom stereocenters. The average Bonchev–Trinajstić information content (AvgIpc) is 3.56. The maximum atomic E-state index is 13.1. The number of rotatable bonds is 8. The Morgan fingerprint density at radius 3 is 2.69 bits per heavy atom. The number of esters is 1. The second kappa shape index (κ2) is 11.8. The van der Waals surface area contributed by atoms with Crippen LogP contribution < -0.4 is 10.6 Å². The quantitative estimate of drug-likeness (QED) is 0.296. The van der Waals surface area contributed by atoms with E-state index in [0.717, 1.165) is 29.0 Å². The summed E-state index contributed by atoms with van der Waals surface area (Å²) in [6.45, 7) is 4.07. The predicted molar refractivity (Wildman–Crippen MR) is 137 cm³/mol. The molecule has 2 N–H and O–H groups in total. The van der Waals surface area contributed by atoms with Crippen molar-refractivity contribution < 1.29 is 28.6 Å². The molecule has 0 fully saturated rings. The molecule has 3 heterocycles. The third-order valence-corrected chi connectivity index (χ3v) is 7.05. The molecule has 36 heavy (non-hydrogen) atoms. The van der Waals surface area contributed by atoms with Crippen LogP contribution in [0.4, 0.5) is 10.5 Å². The number of amides is 1. The third kappa shape index (κ3) is 6.29. The fourth-order valence-corrected chi connectivity index (χ4v) is 5.25. The normalized spacial score (nSPS) is 15.4. The zero-order valence-corrected chi connectivity index (χ0v) is 21.3. The fourth-order valence-electron chi connectivity index (χ4n) is 3.60. The summed E-state index contributed by atoms with van der Waals surface area (Å²) in [5.41, 5.74) is 4.35. The van der Waals surface area contributed by atoms with Gasteiger partial charge in [-0.15, -0.1) is 22.7 Å². The molecule has 0 bridgehead atoms. The highest BCUT2D eigenvalue weighted by Crippen LogP contribution is 2.38. The summed E-state index contributed by atoms with van der Waals surface area (Å²) in [4.78, 5) is 42.2. The van der Waals surface area contributed by atoms with Crippen LogP contribution in [0.15, 0.2) is 53.5 Å². The number of aromatic nitrogens is 1. The lowest BCUT2D eigenvalue weighted by Gasteiger charge is -2.18. The number of thiazole rings is 1. The molecular formula is C25H25N3O6S2. The zero-order chi connectivity index (χ0) is 25.5. The lowest BCUT2D eigenvalue weighted by Crippen LogP contribution is -2.23. The monoisotopic (exact) mass is 527 g/mol. The molecule has 4 rings (SSSR count). The highest BCUT2D eigenvalue weighted by atomic mass is 32.1. The van der Waals surface area contributed by atoms with Crippen molar-refractivity contribution in [3.8, 4) is 10.4 Å². The summed E-state index contributed by atoms with van der Waals surface area (Å²) >= 11 is 2.66. The van der Waals surface area contributed by atoms with Crippen molar-refractivity contribution in [2.75, 3.05) is 18.5 Å². The second-order valence-electron chi connectivity index (χ2n) is 7.78. The number of thiophene rings is 1. The Kier molecular flexibility index (Phi) is 8.34. The summed E-state index contributed by atoms with van der Waals surface area (Å²) in [6, 6.07) is 9.35. The van der Waals surface area contributed by atoms with Gasteiger partial charge in [0.1, 0.15) is 10.6 Å². The van der Waals surface area contributed by atoms with Gasteiger partial charge in [0, 0.05) is 35.3 Å². The first-order chi connectivity index (χ1) is 17.4. The number of hydrogen-bond acceptors (Lipinski definition) is 10. The standard InChI is InChI=1S/C25H25N3O6S2/c1-3-32-25(31)34-15(2)33-24(30)22-19(16-8-10-26-11-9-16)12-21(36-22)17-4-6-18(7-5-17)28-23(29)20-13-35-14-27-20/h4-8,10,12-16,26H,3,9,11H2,1-2H3,(H,28,29). The highest BCUT2D eigenvalue weighted by Gasteiger charge is 2.26. The van der Waals surface area contributed by atoms with Crippen molar-refractivity contribution in [3.63, 3.8) is 0 Å². The number of hydrogen-bond donors (Lipinski definition) is 2. The molecule has 0 saturated carbocycles. The van der Waals surface area contributed by atoms with Gasteiger partial charge in [0.25, 0.3) is 5.91 Å². The van der Waals surface area contributed by atoms with Gasteiger partial charge in [-0.05, 0) is 48.9 Å². The first-order valence-corrected chi connectivity index (χ1v) is 13.1. The molecule has 9 nitrogen and oxygen atoms in total. The third-order valence-electron chi connectivity index (χ3n) is 5.28. The van der Waals surface area contributed by atoms with Crippen molar-refractivity contribution in [1.29, 1.82) is 0 Å². The summed E-state index contributed by atoms with van der Waals surface area (Å²) in [5, 5.41) is 7.67. The van der Waals surface area contributed by atoms with Crippen molar-refractivity contribution in [1.82, 2.24) is 10.3 Å². The van der Waals surface area contributed by atoms with E-state index in [9.17, 15) is 14.4 Å². The van der Waals surface area contributed by atoms with Crippen LogP contribution in [0.25, 0.3) is 10.4 Å². The molecule has 0 saturated heterocycles. The predicted octanol–water partition coefficient (Wildman–Crippen LogP) is 5.39. The topological polar surface area (TPSA) is 116 Å². The molecule has 1 amide bonds. The minimum absolute atomic E-state index is 0.0387. The summed E-state index contributed by atoms with van der Waals surface area (Å²) < 4.78 is 15.1. The van der Waals surface area contributed by atoms with Crippen LogP contribution in [0.5, 0.6) is 0 Å². The van der Waals surface area contributed by atoms with E-state index in [0.29, 0.717) is 16.3 Å². The number of nitrogens with one attached hydrogen (secondary N) is 2. The Hall–Kier alpha value is -3.70. The van der Waals surface area contributed by atoms with Crippen LogP contribution in [0, 0.1) is 0 Å². The number of allylic oxidation sites excluding steroid dienone is 1. The maximum absolute atomic E-state index is 13.1. The van der Waals surface area contributed by atoms with Gasteiger partial charge in [0.05, 0.1) is 12.1 Å². The Morgan fingerprint density at radius 1 is 1.22 bits per heavy atom. The number of benzene rings is 1. The van der Waals surface area contributed by atoms with Crippen molar-refractivity contribution in [2.24, 2.45) is 0 Å². The Balaban J connectivity index is 1.54. The summed E-state index contributed by atoms with van der Waals surface area (Å²) in [5.74, 6) is -0.807. The maximum Gasteiger partial charge on any atom is 0.511 e. The number of carbonyl (C=O) groups excluding carboxylic acids is 3. The van der Waals surface area contributed by atoms with E-state index in [1.807, 2.05) is 30.5 Å². The first kappa shape index (κ1) is 25.4. The molecule has 0 aliphatic carbocycles. The van der Waals surface area contributed by atoms with Gasteiger partial charge in [-0.25, -0.2) is 14.6 Å².